The van der Waals surface area contributed by atoms with Crippen molar-refractivity contribution in [2.75, 3.05) is 12.5 Å². The van der Waals surface area contributed by atoms with Crippen LogP contribution in [0.3, 0.4) is 0 Å². The number of hydrogen-bond donors (Lipinski definition) is 0. The number of rotatable bonds is 3. The highest BCUT2D eigenvalue weighted by Gasteiger charge is 2.05. The lowest BCUT2D eigenvalue weighted by atomic mass is 10.5. The fourth-order valence-electron chi connectivity index (χ4n) is 0.877. The molecule has 0 saturated carbocycles. The summed E-state index contributed by atoms with van der Waals surface area (Å²) in [7, 11) is 0. The first-order valence-electron chi connectivity index (χ1n) is 3.54. The molecular weight excluding hydrogens is 202 g/mol. The van der Waals surface area contributed by atoms with Gasteiger partial charge < -0.3 is 0 Å². The second kappa shape index (κ2) is 5.00. The number of hydrogen-bond acceptors (Lipinski definition) is 4. The van der Waals surface area contributed by atoms with Crippen molar-refractivity contribution in [2.45, 2.75) is 0 Å². The third-order valence-corrected chi connectivity index (χ3v) is 3.56. The fraction of sp³-hybridized carbons (Fsp3) is 0.250. The summed E-state index contributed by atoms with van der Waals surface area (Å²) in [5, 5.41) is 8.95. The molecule has 0 fully saturated rings. The van der Waals surface area contributed by atoms with Crippen molar-refractivity contribution in [3.63, 3.8) is 0 Å². The molecule has 68 valence electrons. The van der Waals surface area contributed by atoms with Crippen LogP contribution in [-0.4, -0.2) is 22.1 Å². The fourth-order valence-corrected chi connectivity index (χ4v) is 2.23. The maximum Gasteiger partial charge on any atom is 0.145 e. The summed E-state index contributed by atoms with van der Waals surface area (Å²) in [5.74, 6) is 0. The molecule has 5 heteroatoms. The minimum absolute atomic E-state index is 0.637. The molecule has 13 heavy (non-hydrogen) atoms. The minimum Gasteiger partial charge on any atom is -0.296 e. The Labute approximate surface area is 85.8 Å². The van der Waals surface area contributed by atoms with E-state index in [1.807, 2.05) is 12.5 Å². The molecular formula is C8H9N3S2. The van der Waals surface area contributed by atoms with E-state index in [2.05, 4.69) is 11.1 Å². The van der Waals surface area contributed by atoms with Gasteiger partial charge >= 0.3 is 0 Å². The van der Waals surface area contributed by atoms with Crippen molar-refractivity contribution >= 4 is 29.2 Å². The van der Waals surface area contributed by atoms with Crippen LogP contribution in [0.4, 0.5) is 0 Å². The highest BCUT2D eigenvalue weighted by Crippen LogP contribution is 2.29. The Balaban J connectivity index is 3.11. The first-order chi connectivity index (χ1) is 6.33. The summed E-state index contributed by atoms with van der Waals surface area (Å²) in [6.07, 6.45) is 8.98. The second-order valence-corrected chi connectivity index (χ2v) is 4.02. The first kappa shape index (κ1) is 10.2. The molecule has 1 aromatic heterocycles. The van der Waals surface area contributed by atoms with Gasteiger partial charge in [-0.3, -0.25) is 4.57 Å². The average Bonchev–Trinajstić information content (AvgIpc) is 2.66. The molecule has 1 heterocycles. The van der Waals surface area contributed by atoms with Gasteiger partial charge in [0.15, 0.2) is 0 Å². The smallest absolute Gasteiger partial charge is 0.145 e. The third-order valence-electron chi connectivity index (χ3n) is 1.43. The molecule has 0 atom stereocenters. The van der Waals surface area contributed by atoms with Gasteiger partial charge in [0.25, 0.3) is 0 Å². The lowest BCUT2D eigenvalue weighted by Gasteiger charge is -2.04. The Morgan fingerprint density at radius 3 is 2.54 bits per heavy atom. The van der Waals surface area contributed by atoms with Crippen LogP contribution in [-0.2, 0) is 0 Å². The molecule has 0 N–H and O–H groups in total. The number of imidazole rings is 1. The maximum absolute atomic E-state index is 8.95. The van der Waals surface area contributed by atoms with Gasteiger partial charge in [0, 0.05) is 12.4 Å². The SMILES string of the molecule is CSC(SC)=C(C#N)n1ccnc1. The van der Waals surface area contributed by atoms with E-state index in [1.54, 1.807) is 46.8 Å². The van der Waals surface area contributed by atoms with E-state index in [0.717, 1.165) is 4.24 Å². The summed E-state index contributed by atoms with van der Waals surface area (Å²) in [5.41, 5.74) is 0.637. The van der Waals surface area contributed by atoms with Crippen LogP contribution < -0.4 is 0 Å². The molecule has 0 aliphatic carbocycles. The van der Waals surface area contributed by atoms with Crippen LogP contribution >= 0.6 is 23.5 Å². The highest BCUT2D eigenvalue weighted by molar-refractivity contribution is 8.21. The molecule has 3 nitrogen and oxygen atoms in total. The van der Waals surface area contributed by atoms with Gasteiger partial charge in [-0.25, -0.2) is 4.98 Å². The third kappa shape index (κ3) is 2.29. The molecule has 0 amide bonds. The molecule has 1 rings (SSSR count). The quantitative estimate of drug-likeness (QED) is 0.719. The van der Waals surface area contributed by atoms with Crippen LogP contribution in [0.5, 0.6) is 0 Å². The molecule has 0 spiro atoms. The van der Waals surface area contributed by atoms with Crippen molar-refractivity contribution in [3.05, 3.63) is 23.0 Å². The second-order valence-electron chi connectivity index (χ2n) is 2.13. The molecule has 0 unspecified atom stereocenters. The molecule has 0 aliphatic heterocycles. The van der Waals surface area contributed by atoms with Crippen LogP contribution in [0.25, 0.3) is 5.70 Å². The van der Waals surface area contributed by atoms with Gasteiger partial charge in [-0.1, -0.05) is 0 Å². The zero-order chi connectivity index (χ0) is 9.68. The first-order valence-corrected chi connectivity index (χ1v) is 5.99. The average molecular weight is 211 g/mol. The molecule has 0 aromatic carbocycles. The van der Waals surface area contributed by atoms with E-state index < -0.39 is 0 Å². The Morgan fingerprint density at radius 2 is 2.15 bits per heavy atom. The van der Waals surface area contributed by atoms with E-state index in [4.69, 9.17) is 5.26 Å². The van der Waals surface area contributed by atoms with Crippen LogP contribution in [0, 0.1) is 11.3 Å². The van der Waals surface area contributed by atoms with Crippen molar-refractivity contribution in [1.29, 1.82) is 5.26 Å². The standard InChI is InChI=1S/C8H9N3S2/c1-12-8(13-2)7(5-9)11-4-3-10-6-11/h3-4,6H,1-2H3. The Bertz CT molecular complexity index is 329. The van der Waals surface area contributed by atoms with Crippen molar-refractivity contribution < 1.29 is 0 Å². The van der Waals surface area contributed by atoms with E-state index in [1.165, 1.54) is 0 Å². The van der Waals surface area contributed by atoms with Crippen molar-refractivity contribution in [2.24, 2.45) is 0 Å². The van der Waals surface area contributed by atoms with Crippen LogP contribution in [0.15, 0.2) is 23.0 Å². The Kier molecular flexibility index (Phi) is 3.93. The van der Waals surface area contributed by atoms with E-state index >= 15 is 0 Å². The Hall–Kier alpha value is -0.860. The zero-order valence-corrected chi connectivity index (χ0v) is 9.02. The summed E-state index contributed by atoms with van der Waals surface area (Å²) >= 11 is 3.14. The largest absolute Gasteiger partial charge is 0.296 e. The van der Waals surface area contributed by atoms with Crippen LogP contribution in [0.2, 0.25) is 0 Å². The predicted molar refractivity (Wildman–Crippen MR) is 58.1 cm³/mol. The summed E-state index contributed by atoms with van der Waals surface area (Å²) in [4.78, 5) is 3.90. The van der Waals surface area contributed by atoms with Gasteiger partial charge in [0.05, 0.1) is 10.6 Å². The molecule has 1 aromatic rings. The zero-order valence-electron chi connectivity index (χ0n) is 7.39. The monoisotopic (exact) mass is 211 g/mol. The molecule has 0 bridgehead atoms. The van der Waals surface area contributed by atoms with Gasteiger partial charge in [0.2, 0.25) is 0 Å². The van der Waals surface area contributed by atoms with E-state index in [0.29, 0.717) is 5.70 Å². The van der Waals surface area contributed by atoms with E-state index in [9.17, 15) is 0 Å². The molecule has 0 saturated heterocycles. The molecule has 0 aliphatic rings. The van der Waals surface area contributed by atoms with Crippen LogP contribution in [0.1, 0.15) is 0 Å². The van der Waals surface area contributed by atoms with Gasteiger partial charge in [-0.05, 0) is 12.5 Å². The molecule has 0 radical (unpaired) electrons. The number of nitriles is 1. The highest BCUT2D eigenvalue weighted by atomic mass is 32.2. The number of allylic oxidation sites excluding steroid dienone is 1. The topological polar surface area (TPSA) is 41.6 Å². The number of aromatic nitrogens is 2. The van der Waals surface area contributed by atoms with Gasteiger partial charge in [-0.2, -0.15) is 5.26 Å². The van der Waals surface area contributed by atoms with Crippen molar-refractivity contribution in [1.82, 2.24) is 9.55 Å². The predicted octanol–water partition coefficient (Wildman–Crippen LogP) is 2.26. The van der Waals surface area contributed by atoms with Crippen molar-refractivity contribution in [3.8, 4) is 6.07 Å². The summed E-state index contributed by atoms with van der Waals surface area (Å²) in [6.45, 7) is 0. The summed E-state index contributed by atoms with van der Waals surface area (Å²) in [6, 6.07) is 2.17. The number of thioether (sulfide) groups is 2. The maximum atomic E-state index is 8.95. The van der Waals surface area contributed by atoms with Gasteiger partial charge in [-0.15, -0.1) is 23.5 Å². The van der Waals surface area contributed by atoms with Gasteiger partial charge in [0.1, 0.15) is 11.8 Å². The Morgan fingerprint density at radius 1 is 1.46 bits per heavy atom. The number of nitrogens with zero attached hydrogens (tertiary/aromatic N) is 3. The van der Waals surface area contributed by atoms with E-state index in [-0.39, 0.29) is 0 Å². The minimum atomic E-state index is 0.637. The lowest BCUT2D eigenvalue weighted by molar-refractivity contribution is 1.10. The lowest BCUT2D eigenvalue weighted by Crippen LogP contribution is -1.92. The normalized spacial score (nSPS) is 9.31. The summed E-state index contributed by atoms with van der Waals surface area (Å²) < 4.78 is 2.72.